The monoisotopic (exact) mass is 289 g/mol. The molecule has 2 heteroatoms. The second-order valence-electron chi connectivity index (χ2n) is 6.61. The Morgan fingerprint density at radius 3 is 2.82 bits per heavy atom. The molecule has 2 aromatic carbocycles. The van der Waals surface area contributed by atoms with Crippen LogP contribution >= 0.6 is 0 Å². The molecular weight excluding hydrogens is 270 g/mol. The summed E-state index contributed by atoms with van der Waals surface area (Å²) in [5.41, 5.74) is 8.63. The van der Waals surface area contributed by atoms with E-state index in [-0.39, 0.29) is 0 Å². The number of benzene rings is 2. The van der Waals surface area contributed by atoms with Gasteiger partial charge in [-0.3, -0.25) is 0 Å². The predicted molar refractivity (Wildman–Crippen MR) is 88.8 cm³/mol. The van der Waals surface area contributed by atoms with Gasteiger partial charge >= 0.3 is 0 Å². The third-order valence-corrected chi connectivity index (χ3v) is 5.10. The van der Waals surface area contributed by atoms with Gasteiger partial charge in [0.25, 0.3) is 0 Å². The van der Waals surface area contributed by atoms with Crippen LogP contribution in [0.5, 0.6) is 0 Å². The van der Waals surface area contributed by atoms with Crippen LogP contribution in [-0.2, 0) is 11.2 Å². The van der Waals surface area contributed by atoms with Crippen LogP contribution in [0, 0.1) is 0 Å². The van der Waals surface area contributed by atoms with Gasteiger partial charge < -0.3 is 10.1 Å². The third kappa shape index (κ3) is 1.95. The minimum Gasteiger partial charge on any atom is -0.378 e. The van der Waals surface area contributed by atoms with Gasteiger partial charge in [-0.05, 0) is 46.2 Å². The van der Waals surface area contributed by atoms with Crippen molar-refractivity contribution in [1.29, 1.82) is 0 Å². The molecule has 0 saturated carbocycles. The Kier molecular flexibility index (Phi) is 2.76. The summed E-state index contributed by atoms with van der Waals surface area (Å²) in [7, 11) is 0. The molecule has 0 amide bonds. The average Bonchev–Trinajstić information content (AvgIpc) is 2.92. The zero-order valence-corrected chi connectivity index (χ0v) is 12.5. The van der Waals surface area contributed by atoms with E-state index in [1.807, 2.05) is 0 Å². The first-order valence-electron chi connectivity index (χ1n) is 8.13. The smallest absolute Gasteiger partial charge is 0.0656 e. The van der Waals surface area contributed by atoms with E-state index < -0.39 is 0 Å². The summed E-state index contributed by atoms with van der Waals surface area (Å²) < 4.78 is 5.63. The fraction of sp³-hybridized carbons (Fsp3) is 0.300. The molecule has 2 heterocycles. The summed E-state index contributed by atoms with van der Waals surface area (Å²) in [6.45, 7) is 1.64. The second kappa shape index (κ2) is 4.80. The first kappa shape index (κ1) is 12.6. The molecule has 2 bridgehead atoms. The average molecular weight is 289 g/mol. The molecule has 110 valence electrons. The van der Waals surface area contributed by atoms with Crippen LogP contribution in [0.1, 0.15) is 23.1 Å². The number of nitrogens with one attached hydrogen (secondary N) is 1. The van der Waals surface area contributed by atoms with Crippen LogP contribution in [0.25, 0.3) is 16.7 Å². The molecule has 1 saturated heterocycles. The topological polar surface area (TPSA) is 21.3 Å². The Morgan fingerprint density at radius 1 is 0.955 bits per heavy atom. The Labute approximate surface area is 130 Å². The van der Waals surface area contributed by atoms with Crippen molar-refractivity contribution in [3.8, 4) is 11.1 Å². The van der Waals surface area contributed by atoms with Crippen molar-refractivity contribution in [3.05, 3.63) is 65.2 Å². The molecule has 3 aliphatic rings. The fourth-order valence-electron chi connectivity index (χ4n) is 4.09. The van der Waals surface area contributed by atoms with Crippen LogP contribution in [-0.4, -0.2) is 25.3 Å². The van der Waals surface area contributed by atoms with Crippen LogP contribution in [0.15, 0.2) is 48.5 Å². The maximum Gasteiger partial charge on any atom is 0.0656 e. The van der Waals surface area contributed by atoms with Crippen molar-refractivity contribution >= 4 is 5.57 Å². The number of ether oxygens (including phenoxy) is 1. The van der Waals surface area contributed by atoms with Crippen molar-refractivity contribution in [2.45, 2.75) is 24.9 Å². The van der Waals surface area contributed by atoms with Gasteiger partial charge in [0, 0.05) is 12.1 Å². The number of hydrogen-bond acceptors (Lipinski definition) is 2. The number of hydrogen-bond donors (Lipinski definition) is 1. The van der Waals surface area contributed by atoms with Crippen LogP contribution in [0.2, 0.25) is 0 Å². The summed E-state index contributed by atoms with van der Waals surface area (Å²) in [6.07, 6.45) is 4.50. The largest absolute Gasteiger partial charge is 0.378 e. The minimum absolute atomic E-state index is 0.382. The number of rotatable bonds is 1. The van der Waals surface area contributed by atoms with Gasteiger partial charge in [-0.15, -0.1) is 0 Å². The first-order chi connectivity index (χ1) is 10.9. The third-order valence-electron chi connectivity index (χ3n) is 5.10. The lowest BCUT2D eigenvalue weighted by atomic mass is 9.90. The summed E-state index contributed by atoms with van der Waals surface area (Å²) in [4.78, 5) is 0. The fourth-order valence-corrected chi connectivity index (χ4v) is 4.09. The summed E-state index contributed by atoms with van der Waals surface area (Å²) in [6, 6.07) is 16.6. The zero-order chi connectivity index (χ0) is 14.5. The molecule has 1 fully saturated rings. The summed E-state index contributed by atoms with van der Waals surface area (Å²) in [5.74, 6) is 0. The van der Waals surface area contributed by atoms with E-state index in [2.05, 4.69) is 53.9 Å². The van der Waals surface area contributed by atoms with E-state index in [0.717, 1.165) is 26.1 Å². The van der Waals surface area contributed by atoms with Gasteiger partial charge in [-0.2, -0.15) is 0 Å². The number of morpholine rings is 1. The highest BCUT2D eigenvalue weighted by molar-refractivity contribution is 5.80. The van der Waals surface area contributed by atoms with Crippen molar-refractivity contribution in [1.82, 2.24) is 5.32 Å². The molecule has 5 rings (SSSR count). The molecule has 0 aromatic heterocycles. The molecule has 22 heavy (non-hydrogen) atoms. The molecule has 2 aromatic rings. The molecule has 2 atom stereocenters. The highest BCUT2D eigenvalue weighted by Crippen LogP contribution is 2.38. The standard InChI is InChI=1S/C20H19NO/c1-2-4-19-14(3-1)8-16-7-13(5-6-20(16)19)15-9-17-11-22-12-18(10-15)21-17/h1-7,9,17-18,21H,8,10-12H2. The van der Waals surface area contributed by atoms with Crippen LogP contribution in [0.3, 0.4) is 0 Å². The molecule has 1 aliphatic carbocycles. The van der Waals surface area contributed by atoms with Crippen molar-refractivity contribution in [2.75, 3.05) is 13.2 Å². The van der Waals surface area contributed by atoms with E-state index in [4.69, 9.17) is 4.74 Å². The van der Waals surface area contributed by atoms with Gasteiger partial charge in [0.15, 0.2) is 0 Å². The Balaban J connectivity index is 1.53. The van der Waals surface area contributed by atoms with Gasteiger partial charge in [-0.25, -0.2) is 0 Å². The molecule has 2 aliphatic heterocycles. The molecule has 0 spiro atoms. The van der Waals surface area contributed by atoms with E-state index >= 15 is 0 Å². The van der Waals surface area contributed by atoms with Crippen LogP contribution in [0.4, 0.5) is 0 Å². The quantitative estimate of drug-likeness (QED) is 0.741. The Hall–Kier alpha value is -1.90. The van der Waals surface area contributed by atoms with Crippen molar-refractivity contribution in [3.63, 3.8) is 0 Å². The molecule has 0 radical (unpaired) electrons. The highest BCUT2D eigenvalue weighted by atomic mass is 16.5. The SMILES string of the molecule is C1=C(c2ccc3c(c2)Cc2ccccc2-3)CC2COCC1N2. The van der Waals surface area contributed by atoms with Crippen LogP contribution < -0.4 is 5.32 Å². The number of fused-ring (bicyclic) bond motifs is 5. The predicted octanol–water partition coefficient (Wildman–Crippen LogP) is 3.40. The highest BCUT2D eigenvalue weighted by Gasteiger charge is 2.27. The molecule has 1 N–H and O–H groups in total. The van der Waals surface area contributed by atoms with E-state index in [9.17, 15) is 0 Å². The molecule has 2 nitrogen and oxygen atoms in total. The summed E-state index contributed by atoms with van der Waals surface area (Å²) in [5, 5.41) is 3.62. The van der Waals surface area contributed by atoms with E-state index in [1.165, 1.54) is 33.4 Å². The molecule has 2 unspecified atom stereocenters. The van der Waals surface area contributed by atoms with Gasteiger partial charge in [-0.1, -0.05) is 48.5 Å². The van der Waals surface area contributed by atoms with Gasteiger partial charge in [0.1, 0.15) is 0 Å². The summed E-state index contributed by atoms with van der Waals surface area (Å²) >= 11 is 0. The normalized spacial score (nSPS) is 25.4. The van der Waals surface area contributed by atoms with Crippen molar-refractivity contribution < 1.29 is 4.74 Å². The van der Waals surface area contributed by atoms with Gasteiger partial charge in [0.2, 0.25) is 0 Å². The maximum absolute atomic E-state index is 5.63. The first-order valence-corrected chi connectivity index (χ1v) is 8.13. The maximum atomic E-state index is 5.63. The second-order valence-corrected chi connectivity index (χ2v) is 6.61. The Morgan fingerprint density at radius 2 is 1.86 bits per heavy atom. The van der Waals surface area contributed by atoms with E-state index in [0.29, 0.717) is 12.1 Å². The zero-order valence-electron chi connectivity index (χ0n) is 12.5. The van der Waals surface area contributed by atoms with E-state index in [1.54, 1.807) is 0 Å². The van der Waals surface area contributed by atoms with Gasteiger partial charge in [0.05, 0.1) is 13.2 Å². The lowest BCUT2D eigenvalue weighted by molar-refractivity contribution is 0.0561. The molecular formula is C20H19NO. The van der Waals surface area contributed by atoms with Crippen molar-refractivity contribution in [2.24, 2.45) is 0 Å². The lowest BCUT2D eigenvalue weighted by Gasteiger charge is -2.35. The minimum atomic E-state index is 0.382. The lowest BCUT2D eigenvalue weighted by Crippen LogP contribution is -2.50. The Bertz CT molecular complexity index is 777.